The Hall–Kier alpha value is -0.780. The molecule has 0 aromatic carbocycles. The first kappa shape index (κ1) is 10.7. The quantitative estimate of drug-likeness (QED) is 0.676. The van der Waals surface area contributed by atoms with E-state index in [0.29, 0.717) is 12.8 Å². The van der Waals surface area contributed by atoms with E-state index in [0.717, 1.165) is 7.11 Å². The maximum Gasteiger partial charge on any atom is 0.394 e. The smallest absolute Gasteiger partial charge is 0.394 e. The van der Waals surface area contributed by atoms with Crippen LogP contribution in [0.15, 0.2) is 0 Å². The summed E-state index contributed by atoms with van der Waals surface area (Å²) in [5.41, 5.74) is 0. The monoisotopic (exact) mass is 223 g/mol. The second kappa shape index (κ2) is 3.37. The molecule has 0 aliphatic carbocycles. The van der Waals surface area contributed by atoms with Crippen LogP contribution in [-0.4, -0.2) is 31.3 Å². The molecular weight excluding hydrogens is 211 g/mol. The summed E-state index contributed by atoms with van der Waals surface area (Å²) < 4.78 is 42.6. The highest BCUT2D eigenvalue weighted by Gasteiger charge is 2.61. The lowest BCUT2D eigenvalue weighted by Gasteiger charge is -2.28. The number of halogens is 3. The molecule has 2 heterocycles. The first-order chi connectivity index (χ1) is 6.95. The third-order valence-corrected chi connectivity index (χ3v) is 3.32. The zero-order valence-corrected chi connectivity index (χ0v) is 8.17. The number of carbonyl (C=O) groups excluding carboxylic acids is 1. The van der Waals surface area contributed by atoms with E-state index in [4.69, 9.17) is 0 Å². The number of hydrogen-bond donors (Lipinski definition) is 1. The fourth-order valence-electron chi connectivity index (χ4n) is 2.75. The highest BCUT2D eigenvalue weighted by atomic mass is 19.4. The number of hydrogen-bond acceptors (Lipinski definition) is 3. The molecule has 2 saturated heterocycles. The van der Waals surface area contributed by atoms with Crippen LogP contribution in [0.4, 0.5) is 13.2 Å². The van der Waals surface area contributed by atoms with Gasteiger partial charge in [-0.2, -0.15) is 13.2 Å². The molecule has 2 rings (SSSR count). The Labute approximate surface area is 85.0 Å². The number of nitrogens with one attached hydrogen (secondary N) is 1. The van der Waals surface area contributed by atoms with Crippen molar-refractivity contribution >= 4 is 5.97 Å². The summed E-state index contributed by atoms with van der Waals surface area (Å²) in [6, 6.07) is -0.979. The van der Waals surface area contributed by atoms with Gasteiger partial charge in [0.2, 0.25) is 0 Å². The van der Waals surface area contributed by atoms with E-state index >= 15 is 0 Å². The van der Waals surface area contributed by atoms with E-state index in [-0.39, 0.29) is 6.04 Å². The van der Waals surface area contributed by atoms with E-state index in [1.54, 1.807) is 0 Å². The minimum atomic E-state index is -4.33. The van der Waals surface area contributed by atoms with Crippen LogP contribution in [0.2, 0.25) is 0 Å². The van der Waals surface area contributed by atoms with Crippen LogP contribution in [0.3, 0.4) is 0 Å². The number of carbonyl (C=O) groups is 1. The molecule has 0 unspecified atom stereocenters. The molecule has 15 heavy (non-hydrogen) atoms. The van der Waals surface area contributed by atoms with Gasteiger partial charge >= 0.3 is 12.1 Å². The van der Waals surface area contributed by atoms with Gasteiger partial charge in [0, 0.05) is 12.1 Å². The number of fused-ring (bicyclic) bond motifs is 2. The second-order valence-corrected chi connectivity index (χ2v) is 4.07. The predicted molar refractivity (Wildman–Crippen MR) is 45.0 cm³/mol. The van der Waals surface area contributed by atoms with Crippen LogP contribution in [0, 0.1) is 11.8 Å². The van der Waals surface area contributed by atoms with Crippen LogP contribution >= 0.6 is 0 Å². The second-order valence-electron chi connectivity index (χ2n) is 4.07. The van der Waals surface area contributed by atoms with Crippen LogP contribution in [0.25, 0.3) is 0 Å². The molecule has 0 amide bonds. The Morgan fingerprint density at radius 2 is 1.93 bits per heavy atom. The maximum absolute atomic E-state index is 12.7. The van der Waals surface area contributed by atoms with Crippen LogP contribution in [-0.2, 0) is 9.53 Å². The van der Waals surface area contributed by atoms with Crippen LogP contribution in [0.5, 0.6) is 0 Å². The van der Waals surface area contributed by atoms with E-state index in [1.165, 1.54) is 0 Å². The van der Waals surface area contributed by atoms with E-state index in [1.807, 2.05) is 0 Å². The van der Waals surface area contributed by atoms with Gasteiger partial charge in [-0.1, -0.05) is 0 Å². The first-order valence-corrected chi connectivity index (χ1v) is 4.85. The molecule has 4 atom stereocenters. The van der Waals surface area contributed by atoms with Crippen molar-refractivity contribution in [2.75, 3.05) is 7.11 Å². The van der Waals surface area contributed by atoms with Gasteiger partial charge in [-0.05, 0) is 12.8 Å². The molecule has 2 aliphatic rings. The summed E-state index contributed by atoms with van der Waals surface area (Å²) in [5.74, 6) is -3.39. The molecule has 0 spiro atoms. The van der Waals surface area contributed by atoms with Crippen molar-refractivity contribution in [2.45, 2.75) is 31.1 Å². The molecule has 0 saturated carbocycles. The van der Waals surface area contributed by atoms with E-state index in [9.17, 15) is 18.0 Å². The lowest BCUT2D eigenvalue weighted by atomic mass is 9.79. The van der Waals surface area contributed by atoms with E-state index < -0.39 is 30.0 Å². The van der Waals surface area contributed by atoms with Gasteiger partial charge in [0.05, 0.1) is 18.9 Å². The van der Waals surface area contributed by atoms with Crippen molar-refractivity contribution in [3.63, 3.8) is 0 Å². The number of esters is 1. The summed E-state index contributed by atoms with van der Waals surface area (Å²) in [6.45, 7) is 0. The third kappa shape index (κ3) is 1.60. The maximum atomic E-state index is 12.7. The number of methoxy groups -OCH3 is 1. The molecular formula is C9H12F3NO2. The fraction of sp³-hybridized carbons (Fsp3) is 0.889. The summed E-state index contributed by atoms with van der Waals surface area (Å²) in [7, 11) is 1.13. The Bertz CT molecular complexity index is 279. The standard InChI is InChI=1S/C9H12F3NO2/c1-15-8(14)6-4-2-3-5(13-4)7(6)9(10,11)12/h4-7,13H,2-3H2,1H3/t4-,5+,6-,7+/m0/s1. The minimum absolute atomic E-state index is 0.367. The number of rotatable bonds is 1. The van der Waals surface area contributed by atoms with Gasteiger partial charge in [-0.25, -0.2) is 0 Å². The summed E-state index contributed by atoms with van der Waals surface area (Å²) in [5, 5.41) is 2.83. The van der Waals surface area contributed by atoms with Crippen molar-refractivity contribution in [2.24, 2.45) is 11.8 Å². The minimum Gasteiger partial charge on any atom is -0.469 e. The SMILES string of the molecule is COC(=O)[C@@H]1[C@H](C(F)(F)F)[C@H]2CC[C@@H]1N2. The Morgan fingerprint density at radius 1 is 1.33 bits per heavy atom. The normalized spacial score (nSPS) is 39.5. The number of alkyl halides is 3. The largest absolute Gasteiger partial charge is 0.469 e. The molecule has 3 nitrogen and oxygen atoms in total. The van der Waals surface area contributed by atoms with Crippen molar-refractivity contribution < 1.29 is 22.7 Å². The Kier molecular flexibility index (Phi) is 2.41. The molecule has 2 bridgehead atoms. The lowest BCUT2D eigenvalue weighted by molar-refractivity contribution is -0.199. The van der Waals surface area contributed by atoms with Gasteiger partial charge in [-0.3, -0.25) is 4.79 Å². The van der Waals surface area contributed by atoms with Crippen LogP contribution in [0.1, 0.15) is 12.8 Å². The summed E-state index contributed by atoms with van der Waals surface area (Å²) >= 11 is 0. The molecule has 2 aliphatic heterocycles. The molecule has 2 fully saturated rings. The van der Waals surface area contributed by atoms with Gasteiger partial charge in [0.25, 0.3) is 0 Å². The molecule has 86 valence electrons. The van der Waals surface area contributed by atoms with Gasteiger partial charge in [0.15, 0.2) is 0 Å². The van der Waals surface area contributed by atoms with Gasteiger partial charge < -0.3 is 10.1 Å². The Balaban J connectivity index is 2.24. The fourth-order valence-corrected chi connectivity index (χ4v) is 2.75. The van der Waals surface area contributed by atoms with Crippen molar-refractivity contribution in [3.05, 3.63) is 0 Å². The molecule has 0 aromatic heterocycles. The zero-order valence-electron chi connectivity index (χ0n) is 8.17. The zero-order chi connectivity index (χ0) is 11.2. The average molecular weight is 223 g/mol. The number of ether oxygens (including phenoxy) is 1. The lowest BCUT2D eigenvalue weighted by Crippen LogP contribution is -2.42. The topological polar surface area (TPSA) is 38.3 Å². The first-order valence-electron chi connectivity index (χ1n) is 4.85. The van der Waals surface area contributed by atoms with Gasteiger partial charge in [-0.15, -0.1) is 0 Å². The molecule has 6 heteroatoms. The summed E-state index contributed by atoms with van der Waals surface area (Å²) in [6.07, 6.45) is -3.22. The molecule has 0 radical (unpaired) electrons. The van der Waals surface area contributed by atoms with E-state index in [2.05, 4.69) is 10.1 Å². The average Bonchev–Trinajstić information content (AvgIpc) is 2.73. The van der Waals surface area contributed by atoms with Crippen LogP contribution < -0.4 is 5.32 Å². The predicted octanol–water partition coefficient (Wildman–Crippen LogP) is 1.09. The molecule has 1 N–H and O–H groups in total. The third-order valence-electron chi connectivity index (χ3n) is 3.32. The van der Waals surface area contributed by atoms with Crippen molar-refractivity contribution in [3.8, 4) is 0 Å². The Morgan fingerprint density at radius 3 is 2.47 bits per heavy atom. The van der Waals surface area contributed by atoms with Gasteiger partial charge in [0.1, 0.15) is 0 Å². The highest BCUT2D eigenvalue weighted by Crippen LogP contribution is 2.47. The molecule has 0 aromatic rings. The highest BCUT2D eigenvalue weighted by molar-refractivity contribution is 5.74. The summed E-state index contributed by atoms with van der Waals surface area (Å²) in [4.78, 5) is 11.3. The van der Waals surface area contributed by atoms with Crippen molar-refractivity contribution in [1.82, 2.24) is 5.32 Å². The van der Waals surface area contributed by atoms with Crippen molar-refractivity contribution in [1.29, 1.82) is 0 Å².